The molecule has 7 rings (SSSR count). The first-order valence-electron chi connectivity index (χ1n) is 13.9. The van der Waals surface area contributed by atoms with Gasteiger partial charge in [-0.1, -0.05) is 34.7 Å². The lowest BCUT2D eigenvalue weighted by molar-refractivity contribution is -0.137. The quantitative estimate of drug-likeness (QED) is 0.164. The van der Waals surface area contributed by atoms with Crippen molar-refractivity contribution in [2.24, 2.45) is 11.8 Å². The number of hydrogen-bond acceptors (Lipinski definition) is 8. The Morgan fingerprint density at radius 1 is 1.14 bits per heavy atom. The van der Waals surface area contributed by atoms with Crippen molar-refractivity contribution in [1.82, 2.24) is 10.1 Å². The third-order valence-electron chi connectivity index (χ3n) is 8.55. The van der Waals surface area contributed by atoms with Crippen LogP contribution in [0.3, 0.4) is 0 Å². The van der Waals surface area contributed by atoms with Crippen LogP contribution in [0.15, 0.2) is 40.9 Å². The zero-order valence-electron chi connectivity index (χ0n) is 22.6. The number of benzene rings is 2. The molecular weight excluding hydrogens is 574 g/mol. The minimum Gasteiger partial charge on any atom is -0.465 e. The molecule has 0 bridgehead atoms. The number of nitrogens with zero attached hydrogens (tertiary/aromatic N) is 3. The van der Waals surface area contributed by atoms with Crippen molar-refractivity contribution < 1.29 is 36.4 Å². The van der Waals surface area contributed by atoms with E-state index in [2.05, 4.69) is 15.0 Å². The zero-order valence-corrected chi connectivity index (χ0v) is 23.4. The summed E-state index contributed by atoms with van der Waals surface area (Å²) in [6.07, 6.45) is -1.08. The average Bonchev–Trinajstić information content (AvgIpc) is 3.27. The van der Waals surface area contributed by atoms with Crippen LogP contribution in [0.2, 0.25) is 0 Å². The highest BCUT2D eigenvalue weighted by Crippen LogP contribution is 2.47. The second kappa shape index (κ2) is 10.3. The van der Waals surface area contributed by atoms with Gasteiger partial charge in [0.15, 0.2) is 10.9 Å². The lowest BCUT2D eigenvalue weighted by atomic mass is 9.99. The van der Waals surface area contributed by atoms with Crippen LogP contribution in [0.5, 0.6) is 0 Å². The minimum absolute atomic E-state index is 0.00385. The first kappa shape index (κ1) is 27.3. The fraction of sp³-hybridized carbons (Fsp3) is 0.433. The van der Waals surface area contributed by atoms with E-state index in [1.54, 1.807) is 12.1 Å². The molecular formula is C30H27F4N3O4S. The molecule has 42 heavy (non-hydrogen) atoms. The van der Waals surface area contributed by atoms with Gasteiger partial charge < -0.3 is 18.9 Å². The fourth-order valence-corrected chi connectivity index (χ4v) is 7.40. The molecule has 7 nitrogen and oxygen atoms in total. The summed E-state index contributed by atoms with van der Waals surface area (Å²) in [5.74, 6) is 0.354. The number of carbonyl (C=O) groups excluding carboxylic acids is 1. The van der Waals surface area contributed by atoms with Gasteiger partial charge >= 0.3 is 12.1 Å². The van der Waals surface area contributed by atoms with Gasteiger partial charge in [0.05, 0.1) is 35.6 Å². The van der Waals surface area contributed by atoms with Crippen LogP contribution in [0.25, 0.3) is 21.5 Å². The number of fused-ring (bicyclic) bond motifs is 2. The molecule has 0 N–H and O–H groups in total. The standard InChI is InChI=1S/C30H27F4N3O4S/c1-39-28(38)16-10-23(31)26-24(11-16)42-29(35-26)37-12-17-8-19(9-18(17)13-37)40-14-21-25(36-41-27(21)15-6-7-15)20-4-2-3-5-22(20)30(32,33)34/h2-5,10-11,15,17-19H,6-9,12-14H2,1H3/t17-,18?,19+/m0/s1. The van der Waals surface area contributed by atoms with Gasteiger partial charge in [-0.2, -0.15) is 13.2 Å². The van der Waals surface area contributed by atoms with Crippen LogP contribution in [0, 0.1) is 17.7 Å². The van der Waals surface area contributed by atoms with E-state index in [0.717, 1.165) is 50.9 Å². The number of esters is 1. The van der Waals surface area contributed by atoms with Crippen LogP contribution >= 0.6 is 11.3 Å². The van der Waals surface area contributed by atoms with Crippen molar-refractivity contribution in [3.05, 3.63) is 64.7 Å². The Morgan fingerprint density at radius 3 is 2.57 bits per heavy atom. The van der Waals surface area contributed by atoms with E-state index in [0.29, 0.717) is 33.0 Å². The first-order valence-corrected chi connectivity index (χ1v) is 14.7. The molecule has 2 aromatic heterocycles. The number of halogens is 4. The van der Waals surface area contributed by atoms with Crippen molar-refractivity contribution in [2.75, 3.05) is 25.1 Å². The molecule has 1 unspecified atom stereocenters. The number of aromatic nitrogens is 2. The minimum atomic E-state index is -4.51. The topological polar surface area (TPSA) is 77.7 Å². The van der Waals surface area contributed by atoms with E-state index in [1.807, 2.05) is 0 Å². The van der Waals surface area contributed by atoms with Crippen molar-refractivity contribution >= 4 is 32.7 Å². The summed E-state index contributed by atoms with van der Waals surface area (Å²) in [6.45, 7) is 1.64. The SMILES string of the molecule is COC(=O)c1cc(F)c2nc(N3CC4C[C@H](OCc5c(-c6ccccc6C(F)(F)F)noc5C5CC5)C[C@H]4C3)sc2c1. The van der Waals surface area contributed by atoms with Crippen molar-refractivity contribution in [3.63, 3.8) is 0 Å². The third-order valence-corrected chi connectivity index (χ3v) is 9.62. The summed E-state index contributed by atoms with van der Waals surface area (Å²) in [7, 11) is 1.26. The Kier molecular flexibility index (Phi) is 6.73. The van der Waals surface area contributed by atoms with E-state index in [9.17, 15) is 22.4 Å². The number of hydrogen-bond donors (Lipinski definition) is 0. The Bertz CT molecular complexity index is 1650. The number of alkyl halides is 3. The van der Waals surface area contributed by atoms with E-state index in [-0.39, 0.29) is 41.0 Å². The molecule has 0 spiro atoms. The Hall–Kier alpha value is -3.51. The molecule has 0 radical (unpaired) electrons. The monoisotopic (exact) mass is 601 g/mol. The van der Waals surface area contributed by atoms with Crippen LogP contribution in [0.4, 0.5) is 22.7 Å². The maximum absolute atomic E-state index is 14.7. The summed E-state index contributed by atoms with van der Waals surface area (Å²) < 4.78 is 73.2. The molecule has 0 amide bonds. The molecule has 12 heteroatoms. The molecule has 3 heterocycles. The van der Waals surface area contributed by atoms with E-state index < -0.39 is 23.5 Å². The van der Waals surface area contributed by atoms with Crippen molar-refractivity contribution in [3.8, 4) is 11.3 Å². The van der Waals surface area contributed by atoms with Gasteiger partial charge in [0, 0.05) is 30.1 Å². The maximum Gasteiger partial charge on any atom is 0.417 e. The van der Waals surface area contributed by atoms with Crippen molar-refractivity contribution in [2.45, 2.75) is 50.5 Å². The Balaban J connectivity index is 1.04. The van der Waals surface area contributed by atoms with E-state index >= 15 is 0 Å². The van der Waals surface area contributed by atoms with Gasteiger partial charge in [0.1, 0.15) is 17.0 Å². The molecule has 3 aliphatic rings. The van der Waals surface area contributed by atoms with Gasteiger partial charge in [-0.3, -0.25) is 0 Å². The van der Waals surface area contributed by atoms with Gasteiger partial charge in [-0.15, -0.1) is 0 Å². The highest BCUT2D eigenvalue weighted by atomic mass is 32.1. The number of ether oxygens (including phenoxy) is 2. The summed E-state index contributed by atoms with van der Waals surface area (Å²) >= 11 is 1.35. The molecule has 220 valence electrons. The number of rotatable bonds is 7. The summed E-state index contributed by atoms with van der Waals surface area (Å²) in [5, 5.41) is 4.80. The normalized spacial score (nSPS) is 22.2. The smallest absolute Gasteiger partial charge is 0.417 e. The first-order chi connectivity index (χ1) is 20.2. The van der Waals surface area contributed by atoms with Gasteiger partial charge in [-0.25, -0.2) is 14.2 Å². The summed E-state index contributed by atoms with van der Waals surface area (Å²) in [5.41, 5.74) is 0.462. The predicted octanol–water partition coefficient (Wildman–Crippen LogP) is 7.20. The number of thiazole rings is 1. The molecule has 4 aromatic rings. The van der Waals surface area contributed by atoms with Crippen LogP contribution < -0.4 is 4.90 Å². The van der Waals surface area contributed by atoms with Crippen LogP contribution in [-0.2, 0) is 22.3 Å². The number of methoxy groups -OCH3 is 1. The van der Waals surface area contributed by atoms with Gasteiger partial charge in [0.2, 0.25) is 0 Å². The Morgan fingerprint density at radius 2 is 1.88 bits per heavy atom. The van der Waals surface area contributed by atoms with Gasteiger partial charge in [0.25, 0.3) is 0 Å². The summed E-state index contributed by atoms with van der Waals surface area (Å²) in [4.78, 5) is 18.6. The second-order valence-corrected chi connectivity index (χ2v) is 12.3. The Labute approximate surface area is 242 Å². The predicted molar refractivity (Wildman–Crippen MR) is 147 cm³/mol. The van der Waals surface area contributed by atoms with Crippen LogP contribution in [0.1, 0.15) is 58.8 Å². The van der Waals surface area contributed by atoms with E-state index in [4.69, 9.17) is 14.0 Å². The molecule has 3 fully saturated rings. The molecule has 2 saturated carbocycles. The molecule has 2 aliphatic carbocycles. The molecule has 3 atom stereocenters. The number of carbonyl (C=O) groups is 1. The maximum atomic E-state index is 14.7. The van der Waals surface area contributed by atoms with E-state index in [1.165, 1.54) is 30.6 Å². The average molecular weight is 602 g/mol. The number of anilines is 1. The second-order valence-electron chi connectivity index (χ2n) is 11.3. The van der Waals surface area contributed by atoms with Crippen LogP contribution in [-0.4, -0.2) is 42.4 Å². The molecule has 2 aromatic carbocycles. The zero-order chi connectivity index (χ0) is 29.2. The summed E-state index contributed by atoms with van der Waals surface area (Å²) in [6, 6.07) is 8.19. The highest BCUT2D eigenvalue weighted by molar-refractivity contribution is 7.22. The van der Waals surface area contributed by atoms with Crippen molar-refractivity contribution in [1.29, 1.82) is 0 Å². The lowest BCUT2D eigenvalue weighted by Crippen LogP contribution is -2.23. The third kappa shape index (κ3) is 4.94. The molecule has 1 aliphatic heterocycles. The highest BCUT2D eigenvalue weighted by Gasteiger charge is 2.43. The molecule has 1 saturated heterocycles. The lowest BCUT2D eigenvalue weighted by Gasteiger charge is -2.19. The van der Waals surface area contributed by atoms with Gasteiger partial charge in [-0.05, 0) is 55.7 Å². The fourth-order valence-electron chi connectivity index (χ4n) is 6.36. The largest absolute Gasteiger partial charge is 0.465 e.